The first-order valence-electron chi connectivity index (χ1n) is 9.10. The van der Waals surface area contributed by atoms with Crippen LogP contribution in [0.25, 0.3) is 10.9 Å². The van der Waals surface area contributed by atoms with Gasteiger partial charge in [-0.2, -0.15) is 0 Å². The highest BCUT2D eigenvalue weighted by Crippen LogP contribution is 2.24. The number of nitrogens with zero attached hydrogens (tertiary/aromatic N) is 3. The number of pyridine rings is 1. The molecular weight excluding hydrogens is 322 g/mol. The lowest BCUT2D eigenvalue weighted by Crippen LogP contribution is -2.48. The molecule has 4 heteroatoms. The fourth-order valence-electron chi connectivity index (χ4n) is 3.67. The van der Waals surface area contributed by atoms with Crippen LogP contribution in [0.15, 0.2) is 54.6 Å². The van der Waals surface area contributed by atoms with Crippen LogP contribution in [0.4, 0.5) is 5.69 Å². The summed E-state index contributed by atoms with van der Waals surface area (Å²) in [5.74, 6) is 0.110. The van der Waals surface area contributed by atoms with Crippen LogP contribution in [-0.2, 0) is 0 Å². The van der Waals surface area contributed by atoms with E-state index in [0.717, 1.165) is 53.9 Å². The number of hydrogen-bond donors (Lipinski definition) is 0. The molecule has 26 heavy (non-hydrogen) atoms. The molecule has 0 unspecified atom stereocenters. The molecule has 0 saturated carbocycles. The average Bonchev–Trinajstić information content (AvgIpc) is 2.68. The third kappa shape index (κ3) is 3.03. The van der Waals surface area contributed by atoms with E-state index in [0.29, 0.717) is 0 Å². The van der Waals surface area contributed by atoms with E-state index in [1.807, 2.05) is 49.1 Å². The van der Waals surface area contributed by atoms with E-state index in [2.05, 4.69) is 34.1 Å². The number of aromatic nitrogens is 1. The summed E-state index contributed by atoms with van der Waals surface area (Å²) in [6.07, 6.45) is 0. The third-order valence-electron chi connectivity index (χ3n) is 5.09. The second-order valence-electron chi connectivity index (χ2n) is 6.90. The molecule has 4 nitrogen and oxygen atoms in total. The van der Waals surface area contributed by atoms with Crippen LogP contribution in [-0.4, -0.2) is 42.0 Å². The van der Waals surface area contributed by atoms with Gasteiger partial charge in [-0.3, -0.25) is 9.78 Å². The maximum Gasteiger partial charge on any atom is 0.254 e. The van der Waals surface area contributed by atoms with E-state index < -0.39 is 0 Å². The van der Waals surface area contributed by atoms with Crippen LogP contribution in [0, 0.1) is 13.8 Å². The quantitative estimate of drug-likeness (QED) is 0.708. The number of carbonyl (C=O) groups excluding carboxylic acids is 1. The van der Waals surface area contributed by atoms with Crippen molar-refractivity contribution in [1.29, 1.82) is 0 Å². The van der Waals surface area contributed by atoms with Crippen molar-refractivity contribution in [3.63, 3.8) is 0 Å². The van der Waals surface area contributed by atoms with Crippen molar-refractivity contribution < 1.29 is 4.79 Å². The zero-order chi connectivity index (χ0) is 18.1. The van der Waals surface area contributed by atoms with Gasteiger partial charge in [0.1, 0.15) is 0 Å². The number of fused-ring (bicyclic) bond motifs is 1. The molecule has 1 aromatic heterocycles. The molecule has 1 aliphatic heterocycles. The molecule has 2 heterocycles. The average molecular weight is 345 g/mol. The highest BCUT2D eigenvalue weighted by molar-refractivity contribution is 6.06. The van der Waals surface area contributed by atoms with Crippen molar-refractivity contribution in [2.45, 2.75) is 13.8 Å². The molecule has 132 valence electrons. The summed E-state index contributed by atoms with van der Waals surface area (Å²) in [6.45, 7) is 7.19. The Bertz CT molecular complexity index is 944. The minimum atomic E-state index is 0.110. The fraction of sp³-hybridized carbons (Fsp3) is 0.273. The highest BCUT2D eigenvalue weighted by atomic mass is 16.2. The van der Waals surface area contributed by atoms with Gasteiger partial charge < -0.3 is 9.80 Å². The number of anilines is 1. The molecule has 0 aliphatic carbocycles. The van der Waals surface area contributed by atoms with E-state index in [1.54, 1.807) is 0 Å². The molecule has 1 aliphatic rings. The van der Waals surface area contributed by atoms with Gasteiger partial charge >= 0.3 is 0 Å². The molecule has 1 saturated heterocycles. The number of carbonyl (C=O) groups is 1. The first-order chi connectivity index (χ1) is 12.6. The summed E-state index contributed by atoms with van der Waals surface area (Å²) in [5, 5.41) is 0.950. The van der Waals surface area contributed by atoms with Gasteiger partial charge in [-0.25, -0.2) is 0 Å². The minimum Gasteiger partial charge on any atom is -0.368 e. The molecular formula is C22H23N3O. The lowest BCUT2D eigenvalue weighted by molar-refractivity contribution is 0.0748. The number of hydrogen-bond acceptors (Lipinski definition) is 3. The molecule has 0 bridgehead atoms. The Hall–Kier alpha value is -2.88. The van der Waals surface area contributed by atoms with Crippen molar-refractivity contribution in [3.05, 3.63) is 71.4 Å². The van der Waals surface area contributed by atoms with Gasteiger partial charge in [0.05, 0.1) is 11.1 Å². The van der Waals surface area contributed by atoms with Gasteiger partial charge in [-0.1, -0.05) is 36.4 Å². The number of rotatable bonds is 2. The van der Waals surface area contributed by atoms with Gasteiger partial charge in [0.15, 0.2) is 0 Å². The van der Waals surface area contributed by atoms with Gasteiger partial charge in [0, 0.05) is 42.9 Å². The normalized spacial score (nSPS) is 14.7. The number of aryl methyl sites for hydroxylation is 2. The molecule has 2 aromatic carbocycles. The van der Waals surface area contributed by atoms with Crippen molar-refractivity contribution >= 4 is 22.5 Å². The number of amides is 1. The van der Waals surface area contributed by atoms with Crippen molar-refractivity contribution in [1.82, 2.24) is 9.88 Å². The van der Waals surface area contributed by atoms with Crippen molar-refractivity contribution in [2.24, 2.45) is 0 Å². The monoisotopic (exact) mass is 345 g/mol. The first-order valence-corrected chi connectivity index (χ1v) is 9.10. The summed E-state index contributed by atoms with van der Waals surface area (Å²) in [4.78, 5) is 22.1. The van der Waals surface area contributed by atoms with Gasteiger partial charge in [0.2, 0.25) is 0 Å². The summed E-state index contributed by atoms with van der Waals surface area (Å²) in [7, 11) is 0. The molecule has 3 aromatic rings. The van der Waals surface area contributed by atoms with Crippen LogP contribution < -0.4 is 4.90 Å². The Kier molecular flexibility index (Phi) is 4.33. The summed E-state index contributed by atoms with van der Waals surface area (Å²) < 4.78 is 0. The van der Waals surface area contributed by atoms with E-state index in [4.69, 9.17) is 0 Å². The SMILES string of the molecule is Cc1cc(C(=O)N2CCN(c3ccccc3)CC2)c2cccc(C)c2n1. The Morgan fingerprint density at radius 3 is 2.38 bits per heavy atom. The smallest absolute Gasteiger partial charge is 0.254 e. The van der Waals surface area contributed by atoms with Gasteiger partial charge in [-0.15, -0.1) is 0 Å². The van der Waals surface area contributed by atoms with Crippen molar-refractivity contribution in [3.8, 4) is 0 Å². The lowest BCUT2D eigenvalue weighted by Gasteiger charge is -2.36. The van der Waals surface area contributed by atoms with Crippen molar-refractivity contribution in [2.75, 3.05) is 31.1 Å². The predicted octanol–water partition coefficient (Wildman–Crippen LogP) is 3.81. The zero-order valence-electron chi connectivity index (χ0n) is 15.3. The maximum absolute atomic E-state index is 13.2. The highest BCUT2D eigenvalue weighted by Gasteiger charge is 2.24. The fourth-order valence-corrected chi connectivity index (χ4v) is 3.67. The van der Waals surface area contributed by atoms with Crippen LogP contribution in [0.3, 0.4) is 0 Å². The second kappa shape index (κ2) is 6.79. The molecule has 1 amide bonds. The molecule has 0 atom stereocenters. The molecule has 4 rings (SSSR count). The summed E-state index contributed by atoms with van der Waals surface area (Å²) in [5.41, 5.74) is 4.91. The van der Waals surface area contributed by atoms with Crippen LogP contribution in [0.2, 0.25) is 0 Å². The Balaban J connectivity index is 1.58. The first kappa shape index (κ1) is 16.6. The van der Waals surface area contributed by atoms with E-state index >= 15 is 0 Å². The van der Waals surface area contributed by atoms with E-state index in [-0.39, 0.29) is 5.91 Å². The Labute approximate surface area is 154 Å². The number of benzene rings is 2. The standard InChI is InChI=1S/C22H23N3O/c1-16-7-6-10-19-20(15-17(2)23-21(16)19)22(26)25-13-11-24(12-14-25)18-8-4-3-5-9-18/h3-10,15H,11-14H2,1-2H3. The second-order valence-corrected chi connectivity index (χ2v) is 6.90. The van der Waals surface area contributed by atoms with Crippen LogP contribution in [0.1, 0.15) is 21.6 Å². The Morgan fingerprint density at radius 1 is 0.923 bits per heavy atom. The molecule has 0 N–H and O–H groups in total. The van der Waals surface area contributed by atoms with Crippen LogP contribution in [0.5, 0.6) is 0 Å². The molecule has 1 fully saturated rings. The van der Waals surface area contributed by atoms with Gasteiger partial charge in [-0.05, 0) is 37.6 Å². The minimum absolute atomic E-state index is 0.110. The van der Waals surface area contributed by atoms with Crippen LogP contribution >= 0.6 is 0 Å². The maximum atomic E-state index is 13.2. The van der Waals surface area contributed by atoms with E-state index in [1.165, 1.54) is 5.69 Å². The summed E-state index contributed by atoms with van der Waals surface area (Å²) >= 11 is 0. The number of para-hydroxylation sites is 2. The lowest BCUT2D eigenvalue weighted by atomic mass is 10.0. The topological polar surface area (TPSA) is 36.4 Å². The van der Waals surface area contributed by atoms with Gasteiger partial charge in [0.25, 0.3) is 5.91 Å². The molecule has 0 radical (unpaired) electrons. The zero-order valence-corrected chi connectivity index (χ0v) is 15.3. The predicted molar refractivity (Wildman–Crippen MR) is 106 cm³/mol. The summed E-state index contributed by atoms with van der Waals surface area (Å²) in [6, 6.07) is 18.4. The third-order valence-corrected chi connectivity index (χ3v) is 5.09. The Morgan fingerprint density at radius 2 is 1.65 bits per heavy atom. The van der Waals surface area contributed by atoms with E-state index in [9.17, 15) is 4.79 Å². The molecule has 0 spiro atoms. The number of piperazine rings is 1. The largest absolute Gasteiger partial charge is 0.368 e.